The zero-order valence-corrected chi connectivity index (χ0v) is 11.4. The number of rotatable bonds is 4. The molecule has 0 radical (unpaired) electrons. The SMILES string of the molecule is COCCC(C)n1c(=S)[nH]c2ccc(Cl)cc21. The molecule has 1 unspecified atom stereocenters. The number of aromatic nitrogens is 2. The van der Waals surface area contributed by atoms with Gasteiger partial charge in [0.2, 0.25) is 0 Å². The highest BCUT2D eigenvalue weighted by molar-refractivity contribution is 7.71. The summed E-state index contributed by atoms with van der Waals surface area (Å²) in [5.74, 6) is 0. The average Bonchev–Trinajstić information content (AvgIpc) is 2.61. The van der Waals surface area contributed by atoms with Gasteiger partial charge >= 0.3 is 0 Å². The third-order valence-electron chi connectivity index (χ3n) is 2.86. The van der Waals surface area contributed by atoms with Crippen molar-refractivity contribution in [3.8, 4) is 0 Å². The van der Waals surface area contributed by atoms with Crippen molar-refractivity contribution in [1.29, 1.82) is 0 Å². The fourth-order valence-electron chi connectivity index (χ4n) is 1.95. The second-order valence-electron chi connectivity index (χ2n) is 4.09. The van der Waals surface area contributed by atoms with Gasteiger partial charge < -0.3 is 14.3 Å². The van der Waals surface area contributed by atoms with Gasteiger partial charge in [-0.25, -0.2) is 0 Å². The quantitative estimate of drug-likeness (QED) is 0.853. The van der Waals surface area contributed by atoms with Crippen molar-refractivity contribution >= 4 is 34.9 Å². The maximum atomic E-state index is 6.02. The van der Waals surface area contributed by atoms with Gasteiger partial charge in [-0.15, -0.1) is 0 Å². The number of ether oxygens (including phenoxy) is 1. The molecule has 0 bridgehead atoms. The molecule has 0 aliphatic carbocycles. The number of halogens is 1. The largest absolute Gasteiger partial charge is 0.385 e. The van der Waals surface area contributed by atoms with Gasteiger partial charge in [0.15, 0.2) is 4.77 Å². The van der Waals surface area contributed by atoms with Crippen LogP contribution in [0.1, 0.15) is 19.4 Å². The van der Waals surface area contributed by atoms with Gasteiger partial charge in [-0.05, 0) is 43.8 Å². The van der Waals surface area contributed by atoms with E-state index in [0.717, 1.165) is 33.9 Å². The molecule has 0 amide bonds. The predicted molar refractivity (Wildman–Crippen MR) is 73.3 cm³/mol. The minimum absolute atomic E-state index is 0.287. The van der Waals surface area contributed by atoms with E-state index in [0.29, 0.717) is 0 Å². The number of methoxy groups -OCH3 is 1. The molecule has 92 valence electrons. The number of nitrogens with zero attached hydrogens (tertiary/aromatic N) is 1. The van der Waals surface area contributed by atoms with Crippen molar-refractivity contribution in [3.05, 3.63) is 28.0 Å². The number of imidazole rings is 1. The number of H-pyrrole nitrogens is 1. The van der Waals surface area contributed by atoms with Crippen LogP contribution in [0.25, 0.3) is 11.0 Å². The molecule has 0 aliphatic rings. The van der Waals surface area contributed by atoms with Crippen molar-refractivity contribution in [3.63, 3.8) is 0 Å². The van der Waals surface area contributed by atoms with Crippen molar-refractivity contribution in [2.45, 2.75) is 19.4 Å². The minimum Gasteiger partial charge on any atom is -0.385 e. The Morgan fingerprint density at radius 1 is 1.53 bits per heavy atom. The molecule has 1 atom stereocenters. The Hall–Kier alpha value is -0.840. The first-order valence-corrected chi connectivity index (χ1v) is 6.31. The summed E-state index contributed by atoms with van der Waals surface area (Å²) in [7, 11) is 1.71. The second kappa shape index (κ2) is 5.21. The van der Waals surface area contributed by atoms with E-state index >= 15 is 0 Å². The monoisotopic (exact) mass is 270 g/mol. The van der Waals surface area contributed by atoms with E-state index < -0.39 is 0 Å². The number of nitrogens with one attached hydrogen (secondary N) is 1. The molecule has 0 saturated heterocycles. The molecule has 2 aromatic rings. The summed E-state index contributed by atoms with van der Waals surface area (Å²) in [4.78, 5) is 3.19. The Balaban J connectivity index is 2.48. The van der Waals surface area contributed by atoms with Crippen LogP contribution in [0.15, 0.2) is 18.2 Å². The smallest absolute Gasteiger partial charge is 0.178 e. The summed E-state index contributed by atoms with van der Waals surface area (Å²) in [6.45, 7) is 2.85. The summed E-state index contributed by atoms with van der Waals surface area (Å²) in [5, 5.41) is 0.721. The first-order valence-electron chi connectivity index (χ1n) is 5.52. The summed E-state index contributed by atoms with van der Waals surface area (Å²) >= 11 is 11.4. The number of benzene rings is 1. The highest BCUT2D eigenvalue weighted by Crippen LogP contribution is 2.24. The normalized spacial score (nSPS) is 13.1. The highest BCUT2D eigenvalue weighted by Gasteiger charge is 2.11. The van der Waals surface area contributed by atoms with Crippen LogP contribution < -0.4 is 0 Å². The topological polar surface area (TPSA) is 29.9 Å². The fourth-order valence-corrected chi connectivity index (χ4v) is 2.50. The lowest BCUT2D eigenvalue weighted by Gasteiger charge is -2.14. The van der Waals surface area contributed by atoms with E-state index in [2.05, 4.69) is 16.5 Å². The summed E-state index contributed by atoms with van der Waals surface area (Å²) in [6.07, 6.45) is 0.921. The summed E-state index contributed by atoms with van der Waals surface area (Å²) in [6, 6.07) is 6.04. The molecule has 0 fully saturated rings. The van der Waals surface area contributed by atoms with Crippen molar-refractivity contribution < 1.29 is 4.74 Å². The molecule has 0 saturated carbocycles. The van der Waals surface area contributed by atoms with Crippen LogP contribution in [0.2, 0.25) is 5.02 Å². The standard InChI is InChI=1S/C12H15ClN2OS/c1-8(5-6-16-2)15-11-7-9(13)3-4-10(11)14-12(15)17/h3-4,7-8H,5-6H2,1-2H3,(H,14,17). The van der Waals surface area contributed by atoms with Crippen molar-refractivity contribution in [1.82, 2.24) is 9.55 Å². The van der Waals surface area contributed by atoms with E-state index in [1.54, 1.807) is 7.11 Å². The Morgan fingerprint density at radius 2 is 2.29 bits per heavy atom. The first-order chi connectivity index (χ1) is 8.13. The Bertz CT molecular complexity index is 575. The second-order valence-corrected chi connectivity index (χ2v) is 4.92. The summed E-state index contributed by atoms with van der Waals surface area (Å²) in [5.41, 5.74) is 2.06. The Labute approximate surface area is 110 Å². The van der Waals surface area contributed by atoms with Gasteiger partial charge in [0.25, 0.3) is 0 Å². The van der Waals surface area contributed by atoms with E-state index in [-0.39, 0.29) is 6.04 Å². The van der Waals surface area contributed by atoms with Crippen LogP contribution in [0.4, 0.5) is 0 Å². The number of hydrogen-bond donors (Lipinski definition) is 1. The van der Waals surface area contributed by atoms with E-state index in [1.165, 1.54) is 0 Å². The van der Waals surface area contributed by atoms with E-state index in [1.807, 2.05) is 18.2 Å². The van der Waals surface area contributed by atoms with Crippen LogP contribution >= 0.6 is 23.8 Å². The molecule has 1 aromatic carbocycles. The molecule has 5 heteroatoms. The van der Waals surface area contributed by atoms with Gasteiger partial charge in [-0.3, -0.25) is 0 Å². The lowest BCUT2D eigenvalue weighted by molar-refractivity contribution is 0.181. The van der Waals surface area contributed by atoms with Crippen LogP contribution in [-0.2, 0) is 4.74 Å². The minimum atomic E-state index is 0.287. The molecule has 17 heavy (non-hydrogen) atoms. The van der Waals surface area contributed by atoms with E-state index in [9.17, 15) is 0 Å². The zero-order chi connectivity index (χ0) is 12.4. The van der Waals surface area contributed by atoms with Gasteiger partial charge in [0.1, 0.15) is 0 Å². The predicted octanol–water partition coefficient (Wildman–Crippen LogP) is 3.95. The molecule has 0 aliphatic heterocycles. The Kier molecular flexibility index (Phi) is 3.86. The highest BCUT2D eigenvalue weighted by atomic mass is 35.5. The number of aromatic amines is 1. The molecule has 1 heterocycles. The molecule has 1 N–H and O–H groups in total. The molecule has 0 spiro atoms. The Morgan fingerprint density at radius 3 is 3.00 bits per heavy atom. The summed E-state index contributed by atoms with van der Waals surface area (Å²) < 4.78 is 7.92. The maximum absolute atomic E-state index is 6.02. The molecular formula is C12H15ClN2OS. The fraction of sp³-hybridized carbons (Fsp3) is 0.417. The average molecular weight is 271 g/mol. The number of fused-ring (bicyclic) bond motifs is 1. The van der Waals surface area contributed by atoms with Crippen LogP contribution in [0, 0.1) is 4.77 Å². The van der Waals surface area contributed by atoms with Crippen LogP contribution in [0.5, 0.6) is 0 Å². The third-order valence-corrected chi connectivity index (χ3v) is 3.39. The maximum Gasteiger partial charge on any atom is 0.178 e. The lowest BCUT2D eigenvalue weighted by atomic mass is 10.2. The zero-order valence-electron chi connectivity index (χ0n) is 9.87. The van der Waals surface area contributed by atoms with Gasteiger partial charge in [-0.1, -0.05) is 11.6 Å². The van der Waals surface area contributed by atoms with Crippen molar-refractivity contribution in [2.24, 2.45) is 0 Å². The number of hydrogen-bond acceptors (Lipinski definition) is 2. The van der Waals surface area contributed by atoms with E-state index in [4.69, 9.17) is 28.6 Å². The van der Waals surface area contributed by atoms with Crippen LogP contribution in [-0.4, -0.2) is 23.3 Å². The van der Waals surface area contributed by atoms with Gasteiger partial charge in [-0.2, -0.15) is 0 Å². The molecule has 1 aromatic heterocycles. The lowest BCUT2D eigenvalue weighted by Crippen LogP contribution is -2.07. The van der Waals surface area contributed by atoms with Crippen molar-refractivity contribution in [2.75, 3.05) is 13.7 Å². The van der Waals surface area contributed by atoms with Crippen LogP contribution in [0.3, 0.4) is 0 Å². The van der Waals surface area contributed by atoms with Gasteiger partial charge in [0, 0.05) is 24.8 Å². The molecule has 3 nitrogen and oxygen atoms in total. The van der Waals surface area contributed by atoms with Gasteiger partial charge in [0.05, 0.1) is 11.0 Å². The first kappa shape index (κ1) is 12.6. The molecular weight excluding hydrogens is 256 g/mol. The molecule has 2 rings (SSSR count). The third kappa shape index (κ3) is 2.54.